The number of carbonyl (C=O) groups excluding carboxylic acids is 3. The molecule has 1 aromatic heterocycles. The SMILES string of the molecule is CNC(=O)[C@@H]1CN(C(C)=O)CCN(C(=O)CCn2nccc2C)C1. The van der Waals surface area contributed by atoms with Crippen molar-refractivity contribution in [3.05, 3.63) is 18.0 Å². The van der Waals surface area contributed by atoms with Gasteiger partial charge >= 0.3 is 0 Å². The van der Waals surface area contributed by atoms with E-state index in [1.165, 1.54) is 6.92 Å². The fourth-order valence-corrected chi connectivity index (χ4v) is 2.89. The van der Waals surface area contributed by atoms with Gasteiger partial charge in [-0.15, -0.1) is 0 Å². The molecule has 0 saturated carbocycles. The first-order valence-corrected chi connectivity index (χ1v) is 8.15. The molecule has 0 spiro atoms. The molecule has 0 radical (unpaired) electrons. The van der Waals surface area contributed by atoms with Crippen LogP contribution in [0.15, 0.2) is 12.3 Å². The summed E-state index contributed by atoms with van der Waals surface area (Å²) >= 11 is 0. The minimum atomic E-state index is -0.406. The molecule has 8 heteroatoms. The van der Waals surface area contributed by atoms with Crippen molar-refractivity contribution in [1.82, 2.24) is 24.9 Å². The van der Waals surface area contributed by atoms with Gasteiger partial charge in [0.25, 0.3) is 0 Å². The Balaban J connectivity index is 2.02. The Morgan fingerprint density at radius 1 is 1.25 bits per heavy atom. The Kier molecular flexibility index (Phi) is 5.94. The molecule has 1 fully saturated rings. The van der Waals surface area contributed by atoms with E-state index in [0.717, 1.165) is 5.69 Å². The van der Waals surface area contributed by atoms with Gasteiger partial charge in [0, 0.05) is 65.0 Å². The first kappa shape index (κ1) is 18.0. The van der Waals surface area contributed by atoms with Gasteiger partial charge in [-0.2, -0.15) is 5.10 Å². The van der Waals surface area contributed by atoms with E-state index >= 15 is 0 Å². The lowest BCUT2D eigenvalue weighted by atomic mass is 10.1. The zero-order valence-electron chi connectivity index (χ0n) is 14.5. The predicted octanol–water partition coefficient (Wildman–Crippen LogP) is -0.365. The molecule has 1 N–H and O–H groups in total. The van der Waals surface area contributed by atoms with Crippen LogP contribution in [0.1, 0.15) is 19.0 Å². The monoisotopic (exact) mass is 335 g/mol. The lowest BCUT2D eigenvalue weighted by Crippen LogP contribution is -2.42. The Morgan fingerprint density at radius 2 is 1.92 bits per heavy atom. The predicted molar refractivity (Wildman–Crippen MR) is 88.0 cm³/mol. The van der Waals surface area contributed by atoms with Gasteiger partial charge in [-0.1, -0.05) is 0 Å². The molecule has 24 heavy (non-hydrogen) atoms. The number of carbonyl (C=O) groups is 3. The quantitative estimate of drug-likeness (QED) is 0.814. The molecule has 0 unspecified atom stereocenters. The molecule has 0 aromatic carbocycles. The minimum absolute atomic E-state index is 0.0239. The summed E-state index contributed by atoms with van der Waals surface area (Å²) in [5.74, 6) is -0.657. The van der Waals surface area contributed by atoms with E-state index < -0.39 is 5.92 Å². The van der Waals surface area contributed by atoms with Crippen LogP contribution in [-0.2, 0) is 20.9 Å². The van der Waals surface area contributed by atoms with Crippen LogP contribution in [-0.4, -0.2) is 70.5 Å². The maximum atomic E-state index is 12.5. The van der Waals surface area contributed by atoms with Crippen molar-refractivity contribution in [2.24, 2.45) is 5.92 Å². The van der Waals surface area contributed by atoms with Crippen LogP contribution in [0.4, 0.5) is 0 Å². The van der Waals surface area contributed by atoms with Gasteiger partial charge in [0.2, 0.25) is 17.7 Å². The summed E-state index contributed by atoms with van der Waals surface area (Å²) < 4.78 is 1.79. The molecule has 3 amide bonds. The molecule has 0 bridgehead atoms. The van der Waals surface area contributed by atoms with Gasteiger partial charge < -0.3 is 15.1 Å². The van der Waals surface area contributed by atoms with Gasteiger partial charge in [-0.3, -0.25) is 19.1 Å². The second-order valence-corrected chi connectivity index (χ2v) is 6.06. The third kappa shape index (κ3) is 4.33. The van der Waals surface area contributed by atoms with E-state index in [-0.39, 0.29) is 17.7 Å². The molecule has 2 heterocycles. The van der Waals surface area contributed by atoms with E-state index in [9.17, 15) is 14.4 Å². The molecule has 1 atom stereocenters. The van der Waals surface area contributed by atoms with Crippen LogP contribution in [0.3, 0.4) is 0 Å². The topological polar surface area (TPSA) is 87.5 Å². The molecule has 8 nitrogen and oxygen atoms in total. The molecule has 1 aliphatic rings. The number of hydrogen-bond donors (Lipinski definition) is 1. The fraction of sp³-hybridized carbons (Fsp3) is 0.625. The highest BCUT2D eigenvalue weighted by Crippen LogP contribution is 2.12. The molecular weight excluding hydrogens is 310 g/mol. The van der Waals surface area contributed by atoms with E-state index in [1.807, 2.05) is 13.0 Å². The highest BCUT2D eigenvalue weighted by molar-refractivity contribution is 5.82. The van der Waals surface area contributed by atoms with Crippen molar-refractivity contribution in [3.8, 4) is 0 Å². The molecule has 0 aliphatic carbocycles. The van der Waals surface area contributed by atoms with Crippen molar-refractivity contribution in [3.63, 3.8) is 0 Å². The lowest BCUT2D eigenvalue weighted by molar-refractivity contribution is -0.133. The summed E-state index contributed by atoms with van der Waals surface area (Å²) in [4.78, 5) is 39.6. The number of nitrogens with one attached hydrogen (secondary N) is 1. The molecule has 132 valence electrons. The van der Waals surface area contributed by atoms with Crippen LogP contribution < -0.4 is 5.32 Å². The number of hydrogen-bond acceptors (Lipinski definition) is 4. The third-order valence-electron chi connectivity index (χ3n) is 4.40. The Labute approximate surface area is 141 Å². The average Bonchev–Trinajstić information content (AvgIpc) is 2.84. The van der Waals surface area contributed by atoms with E-state index in [0.29, 0.717) is 39.1 Å². The highest BCUT2D eigenvalue weighted by atomic mass is 16.2. The molecular formula is C16H25N5O3. The fourth-order valence-electron chi connectivity index (χ4n) is 2.89. The van der Waals surface area contributed by atoms with Gasteiger partial charge in [0.15, 0.2) is 0 Å². The first-order valence-electron chi connectivity index (χ1n) is 8.15. The van der Waals surface area contributed by atoms with Crippen LogP contribution in [0.2, 0.25) is 0 Å². The summed E-state index contributed by atoms with van der Waals surface area (Å²) in [6.07, 6.45) is 2.03. The van der Waals surface area contributed by atoms with Crippen molar-refractivity contribution in [2.75, 3.05) is 33.2 Å². The summed E-state index contributed by atoms with van der Waals surface area (Å²) in [7, 11) is 1.57. The lowest BCUT2D eigenvalue weighted by Gasteiger charge is -2.23. The zero-order valence-corrected chi connectivity index (χ0v) is 14.5. The molecule has 1 aromatic rings. The Hall–Kier alpha value is -2.38. The summed E-state index contributed by atoms with van der Waals surface area (Å²) in [5, 5.41) is 6.79. The maximum absolute atomic E-state index is 12.5. The Morgan fingerprint density at radius 3 is 2.50 bits per heavy atom. The van der Waals surface area contributed by atoms with E-state index in [2.05, 4.69) is 10.4 Å². The zero-order chi connectivity index (χ0) is 17.7. The second kappa shape index (κ2) is 7.94. The molecule has 2 rings (SSSR count). The number of rotatable bonds is 4. The third-order valence-corrected chi connectivity index (χ3v) is 4.40. The number of aryl methyl sites for hydroxylation is 2. The minimum Gasteiger partial charge on any atom is -0.359 e. The standard InChI is InChI=1S/C16H25N5O3/c1-12-4-6-18-21(12)7-5-15(23)20-9-8-19(13(2)22)10-14(11-20)16(24)17-3/h4,6,14H,5,7-11H2,1-3H3,(H,17,24)/t14-/m1/s1. The van der Waals surface area contributed by atoms with Crippen molar-refractivity contribution in [1.29, 1.82) is 0 Å². The van der Waals surface area contributed by atoms with Crippen molar-refractivity contribution in [2.45, 2.75) is 26.8 Å². The van der Waals surface area contributed by atoms with E-state index in [4.69, 9.17) is 0 Å². The number of nitrogens with zero attached hydrogens (tertiary/aromatic N) is 4. The summed E-state index contributed by atoms with van der Waals surface area (Å²) in [6, 6.07) is 1.89. The normalized spacial score (nSPS) is 18.2. The summed E-state index contributed by atoms with van der Waals surface area (Å²) in [5.41, 5.74) is 1.00. The average molecular weight is 335 g/mol. The highest BCUT2D eigenvalue weighted by Gasteiger charge is 2.30. The van der Waals surface area contributed by atoms with E-state index in [1.54, 1.807) is 27.7 Å². The second-order valence-electron chi connectivity index (χ2n) is 6.06. The smallest absolute Gasteiger partial charge is 0.226 e. The van der Waals surface area contributed by atoms with Gasteiger partial charge in [0.1, 0.15) is 0 Å². The van der Waals surface area contributed by atoms with Crippen LogP contribution in [0, 0.1) is 12.8 Å². The van der Waals surface area contributed by atoms with Gasteiger partial charge in [0.05, 0.1) is 5.92 Å². The largest absolute Gasteiger partial charge is 0.359 e. The number of aromatic nitrogens is 2. The van der Waals surface area contributed by atoms with Gasteiger partial charge in [-0.05, 0) is 13.0 Å². The first-order chi connectivity index (χ1) is 11.4. The maximum Gasteiger partial charge on any atom is 0.226 e. The van der Waals surface area contributed by atoms with Crippen LogP contribution >= 0.6 is 0 Å². The number of amides is 3. The van der Waals surface area contributed by atoms with Crippen LogP contribution in [0.25, 0.3) is 0 Å². The van der Waals surface area contributed by atoms with Crippen molar-refractivity contribution >= 4 is 17.7 Å². The molecule has 1 saturated heterocycles. The van der Waals surface area contributed by atoms with Crippen LogP contribution in [0.5, 0.6) is 0 Å². The Bertz CT molecular complexity index is 613. The summed E-state index contributed by atoms with van der Waals surface area (Å²) in [6.45, 7) is 5.51. The van der Waals surface area contributed by atoms with Gasteiger partial charge in [-0.25, -0.2) is 0 Å². The molecule has 1 aliphatic heterocycles. The van der Waals surface area contributed by atoms with Crippen molar-refractivity contribution < 1.29 is 14.4 Å².